The highest BCUT2D eigenvalue weighted by molar-refractivity contribution is 5.79. The van der Waals surface area contributed by atoms with E-state index in [1.807, 2.05) is 30.3 Å². The summed E-state index contributed by atoms with van der Waals surface area (Å²) in [7, 11) is 0. The molecule has 0 unspecified atom stereocenters. The van der Waals surface area contributed by atoms with Crippen LogP contribution < -0.4 is 10.6 Å². The van der Waals surface area contributed by atoms with Gasteiger partial charge in [0.2, 0.25) is 5.91 Å². The molecule has 0 aromatic heterocycles. The third-order valence-corrected chi connectivity index (χ3v) is 3.92. The van der Waals surface area contributed by atoms with Crippen LogP contribution in [0.4, 0.5) is 9.59 Å². The zero-order valence-electron chi connectivity index (χ0n) is 15.2. The molecule has 3 N–H and O–H groups in total. The van der Waals surface area contributed by atoms with Crippen molar-refractivity contribution in [3.63, 3.8) is 0 Å². The van der Waals surface area contributed by atoms with Gasteiger partial charge in [0.1, 0.15) is 5.60 Å². The molecule has 0 radical (unpaired) electrons. The first-order chi connectivity index (χ1) is 12.2. The highest BCUT2D eigenvalue weighted by atomic mass is 16.6. The van der Waals surface area contributed by atoms with Crippen LogP contribution in [0.15, 0.2) is 30.3 Å². The molecule has 3 amide bonds. The quantitative estimate of drug-likeness (QED) is 0.758. The Morgan fingerprint density at radius 3 is 2.54 bits per heavy atom. The fourth-order valence-corrected chi connectivity index (χ4v) is 2.80. The molecule has 1 saturated heterocycles. The largest absolute Gasteiger partial charge is 0.465 e. The minimum absolute atomic E-state index is 0.0282. The van der Waals surface area contributed by atoms with E-state index in [2.05, 4.69) is 10.6 Å². The molecular weight excluding hydrogens is 338 g/mol. The van der Waals surface area contributed by atoms with Gasteiger partial charge in [0.05, 0.1) is 12.1 Å². The van der Waals surface area contributed by atoms with Crippen LogP contribution in [-0.2, 0) is 16.1 Å². The lowest BCUT2D eigenvalue weighted by molar-refractivity contribution is -0.124. The molecule has 1 heterocycles. The Hall–Kier alpha value is -2.77. The summed E-state index contributed by atoms with van der Waals surface area (Å²) in [4.78, 5) is 36.9. The Balaban J connectivity index is 2.17. The second kappa shape index (κ2) is 8.07. The molecule has 0 spiro atoms. The van der Waals surface area contributed by atoms with Gasteiger partial charge in [0.25, 0.3) is 0 Å². The van der Waals surface area contributed by atoms with Crippen LogP contribution in [0, 0.1) is 0 Å². The highest BCUT2D eigenvalue weighted by Crippen LogP contribution is 2.18. The van der Waals surface area contributed by atoms with Gasteiger partial charge in [-0.1, -0.05) is 30.3 Å². The summed E-state index contributed by atoms with van der Waals surface area (Å²) in [6.45, 7) is 5.49. The Bertz CT molecular complexity index is 657. The first kappa shape index (κ1) is 19.6. The van der Waals surface area contributed by atoms with Crippen molar-refractivity contribution in [3.8, 4) is 0 Å². The SMILES string of the molecule is CC(C)(C)OC(=O)N[C@@H]1CNC(=O)C[C@@H]1N(Cc1ccccc1)C(=O)O. The number of piperidine rings is 1. The van der Waals surface area contributed by atoms with Crippen LogP contribution in [0.25, 0.3) is 0 Å². The Morgan fingerprint density at radius 2 is 1.96 bits per heavy atom. The van der Waals surface area contributed by atoms with Crippen molar-refractivity contribution in [2.45, 2.75) is 51.4 Å². The number of hydrogen-bond acceptors (Lipinski definition) is 4. The van der Waals surface area contributed by atoms with Crippen LogP contribution >= 0.6 is 0 Å². The number of alkyl carbamates (subject to hydrolysis) is 1. The third-order valence-electron chi connectivity index (χ3n) is 3.92. The van der Waals surface area contributed by atoms with Crippen molar-refractivity contribution in [1.29, 1.82) is 0 Å². The standard InChI is InChI=1S/C18H25N3O5/c1-18(2,3)26-16(23)20-13-10-19-15(22)9-14(13)21(17(24)25)11-12-7-5-4-6-8-12/h4-8,13-14H,9-11H2,1-3H3,(H,19,22)(H,20,23)(H,24,25)/t13-,14+/m1/s1. The van der Waals surface area contributed by atoms with Gasteiger partial charge in [-0.25, -0.2) is 9.59 Å². The van der Waals surface area contributed by atoms with Gasteiger partial charge < -0.3 is 20.5 Å². The summed E-state index contributed by atoms with van der Waals surface area (Å²) in [5.41, 5.74) is 0.130. The van der Waals surface area contributed by atoms with Crippen molar-refractivity contribution < 1.29 is 24.2 Å². The van der Waals surface area contributed by atoms with Gasteiger partial charge in [-0.3, -0.25) is 9.69 Å². The first-order valence-corrected chi connectivity index (χ1v) is 8.45. The molecule has 142 valence electrons. The molecule has 2 atom stereocenters. The first-order valence-electron chi connectivity index (χ1n) is 8.45. The molecule has 0 aliphatic carbocycles. The summed E-state index contributed by atoms with van der Waals surface area (Å²) in [5.74, 6) is -0.253. The summed E-state index contributed by atoms with van der Waals surface area (Å²) in [6, 6.07) is 7.84. The maximum absolute atomic E-state index is 12.1. The maximum atomic E-state index is 12.1. The van der Waals surface area contributed by atoms with Crippen LogP contribution in [0.1, 0.15) is 32.8 Å². The minimum Gasteiger partial charge on any atom is -0.465 e. The average Bonchev–Trinajstić information content (AvgIpc) is 2.53. The number of nitrogens with one attached hydrogen (secondary N) is 2. The number of nitrogens with zero attached hydrogens (tertiary/aromatic N) is 1. The molecule has 8 heteroatoms. The molecule has 26 heavy (non-hydrogen) atoms. The minimum atomic E-state index is -1.15. The van der Waals surface area contributed by atoms with E-state index < -0.39 is 29.9 Å². The van der Waals surface area contributed by atoms with Gasteiger partial charge in [-0.05, 0) is 26.3 Å². The highest BCUT2D eigenvalue weighted by Gasteiger charge is 2.37. The van der Waals surface area contributed by atoms with Gasteiger partial charge in [-0.15, -0.1) is 0 Å². The third kappa shape index (κ3) is 5.65. The Morgan fingerprint density at radius 1 is 1.31 bits per heavy atom. The monoisotopic (exact) mass is 363 g/mol. The van der Waals surface area contributed by atoms with E-state index in [-0.39, 0.29) is 25.4 Å². The van der Waals surface area contributed by atoms with Gasteiger partial charge in [0, 0.05) is 19.5 Å². The van der Waals surface area contributed by atoms with Crippen molar-refractivity contribution >= 4 is 18.1 Å². The van der Waals surface area contributed by atoms with Crippen molar-refractivity contribution in [1.82, 2.24) is 15.5 Å². The lowest BCUT2D eigenvalue weighted by Crippen LogP contribution is -2.62. The van der Waals surface area contributed by atoms with Gasteiger partial charge in [0.15, 0.2) is 0 Å². The van der Waals surface area contributed by atoms with E-state index in [4.69, 9.17) is 4.74 Å². The van der Waals surface area contributed by atoms with E-state index in [0.717, 1.165) is 5.56 Å². The molecule has 1 aliphatic rings. The number of rotatable bonds is 4. The molecule has 1 aromatic carbocycles. The van der Waals surface area contributed by atoms with Crippen LogP contribution in [0.2, 0.25) is 0 Å². The predicted octanol–water partition coefficient (Wildman–Crippen LogP) is 1.95. The van der Waals surface area contributed by atoms with Gasteiger partial charge >= 0.3 is 12.2 Å². The molecule has 0 saturated carbocycles. The van der Waals surface area contributed by atoms with Crippen LogP contribution in [0.3, 0.4) is 0 Å². The molecule has 2 rings (SSSR count). The predicted molar refractivity (Wildman–Crippen MR) is 94.6 cm³/mol. The van der Waals surface area contributed by atoms with E-state index in [1.54, 1.807) is 20.8 Å². The van der Waals surface area contributed by atoms with E-state index in [0.29, 0.717) is 0 Å². The number of carbonyl (C=O) groups is 3. The number of ether oxygens (including phenoxy) is 1. The van der Waals surface area contributed by atoms with E-state index >= 15 is 0 Å². The summed E-state index contributed by atoms with van der Waals surface area (Å²) < 4.78 is 5.25. The second-order valence-corrected chi connectivity index (χ2v) is 7.22. The number of benzene rings is 1. The maximum Gasteiger partial charge on any atom is 0.408 e. The smallest absolute Gasteiger partial charge is 0.408 e. The second-order valence-electron chi connectivity index (χ2n) is 7.22. The fraction of sp³-hybridized carbons (Fsp3) is 0.500. The number of amides is 3. The molecule has 0 bridgehead atoms. The zero-order chi connectivity index (χ0) is 19.3. The zero-order valence-corrected chi connectivity index (χ0v) is 15.2. The fourth-order valence-electron chi connectivity index (χ4n) is 2.80. The molecule has 8 nitrogen and oxygen atoms in total. The normalized spacial score (nSPS) is 20.0. The Kier molecular flexibility index (Phi) is 6.07. The average molecular weight is 363 g/mol. The van der Waals surface area contributed by atoms with E-state index in [9.17, 15) is 19.5 Å². The number of carbonyl (C=O) groups excluding carboxylic acids is 2. The summed E-state index contributed by atoms with van der Waals surface area (Å²) >= 11 is 0. The molecule has 1 fully saturated rings. The molecular formula is C18H25N3O5. The van der Waals surface area contributed by atoms with Crippen molar-refractivity contribution in [2.24, 2.45) is 0 Å². The van der Waals surface area contributed by atoms with Crippen molar-refractivity contribution in [2.75, 3.05) is 6.54 Å². The lowest BCUT2D eigenvalue weighted by atomic mass is 9.98. The van der Waals surface area contributed by atoms with Crippen molar-refractivity contribution in [3.05, 3.63) is 35.9 Å². The molecule has 1 aromatic rings. The van der Waals surface area contributed by atoms with Gasteiger partial charge in [-0.2, -0.15) is 0 Å². The summed E-state index contributed by atoms with van der Waals surface area (Å²) in [5, 5.41) is 15.0. The van der Waals surface area contributed by atoms with E-state index in [1.165, 1.54) is 4.90 Å². The lowest BCUT2D eigenvalue weighted by Gasteiger charge is -2.38. The van der Waals surface area contributed by atoms with Crippen LogP contribution in [0.5, 0.6) is 0 Å². The topological polar surface area (TPSA) is 108 Å². The Labute approximate surface area is 152 Å². The number of carboxylic acid groups (broad SMARTS) is 1. The number of hydrogen-bond donors (Lipinski definition) is 3. The van der Waals surface area contributed by atoms with Crippen LogP contribution in [-0.4, -0.2) is 52.3 Å². The summed E-state index contributed by atoms with van der Waals surface area (Å²) in [6.07, 6.45) is -1.82. The molecule has 1 aliphatic heterocycles.